The fourth-order valence-electron chi connectivity index (χ4n) is 2.95. The van der Waals surface area contributed by atoms with Crippen LogP contribution < -0.4 is 20.1 Å². The van der Waals surface area contributed by atoms with Gasteiger partial charge in [0.15, 0.2) is 0 Å². The van der Waals surface area contributed by atoms with Gasteiger partial charge in [-0.3, -0.25) is 4.79 Å². The van der Waals surface area contributed by atoms with E-state index in [9.17, 15) is 4.79 Å². The van der Waals surface area contributed by atoms with E-state index in [0.29, 0.717) is 17.2 Å². The van der Waals surface area contributed by atoms with Gasteiger partial charge in [-0.2, -0.15) is 0 Å². The number of carbonyl (C=O) groups excluding carboxylic acids is 1. The van der Waals surface area contributed by atoms with Crippen molar-refractivity contribution < 1.29 is 14.3 Å². The third-order valence-corrected chi connectivity index (χ3v) is 4.84. The van der Waals surface area contributed by atoms with E-state index >= 15 is 0 Å². The Morgan fingerprint density at radius 3 is 1.69 bits per heavy atom. The number of benzene rings is 2. The molecule has 2 rings (SSSR count). The van der Waals surface area contributed by atoms with Gasteiger partial charge in [-0.05, 0) is 46.2 Å². The molecule has 0 saturated heterocycles. The number of methoxy groups -OCH3 is 2. The molecule has 0 unspecified atom stereocenters. The van der Waals surface area contributed by atoms with Gasteiger partial charge in [-0.15, -0.1) is 0 Å². The van der Waals surface area contributed by atoms with Crippen LogP contribution in [0.4, 0.5) is 11.4 Å². The highest BCUT2D eigenvalue weighted by molar-refractivity contribution is 5.95. The normalized spacial score (nSPS) is 11.7. The highest BCUT2D eigenvalue weighted by Crippen LogP contribution is 2.33. The zero-order chi connectivity index (χ0) is 21.8. The van der Waals surface area contributed by atoms with Gasteiger partial charge in [-0.25, -0.2) is 0 Å². The van der Waals surface area contributed by atoms with Crippen molar-refractivity contribution in [2.45, 2.75) is 52.4 Å². The molecule has 5 heteroatoms. The Bertz CT molecular complexity index is 861. The molecule has 0 heterocycles. The minimum atomic E-state index is -0.155. The van der Waals surface area contributed by atoms with Crippen molar-refractivity contribution in [3.05, 3.63) is 47.5 Å². The van der Waals surface area contributed by atoms with E-state index in [1.807, 2.05) is 36.4 Å². The average Bonchev–Trinajstić information content (AvgIpc) is 2.64. The summed E-state index contributed by atoms with van der Waals surface area (Å²) in [6.45, 7) is 13.0. The van der Waals surface area contributed by atoms with Crippen molar-refractivity contribution in [2.75, 3.05) is 31.4 Å². The van der Waals surface area contributed by atoms with Gasteiger partial charge in [0.05, 0.1) is 32.1 Å². The van der Waals surface area contributed by atoms with Crippen LogP contribution in [0.15, 0.2) is 36.4 Å². The monoisotopic (exact) mass is 398 g/mol. The van der Waals surface area contributed by atoms with Crippen LogP contribution in [-0.2, 0) is 15.6 Å². The molecule has 0 aliphatic carbocycles. The number of nitrogens with one attached hydrogen (secondary N) is 2. The Morgan fingerprint density at radius 2 is 1.24 bits per heavy atom. The molecule has 1 amide bonds. The van der Waals surface area contributed by atoms with Crippen molar-refractivity contribution in [3.63, 3.8) is 0 Å². The Balaban J connectivity index is 2.16. The van der Waals surface area contributed by atoms with E-state index in [4.69, 9.17) is 9.47 Å². The van der Waals surface area contributed by atoms with Gasteiger partial charge in [0.25, 0.3) is 0 Å². The van der Waals surface area contributed by atoms with Crippen LogP contribution in [0.3, 0.4) is 0 Å². The van der Waals surface area contributed by atoms with Gasteiger partial charge in [0.1, 0.15) is 11.5 Å². The van der Waals surface area contributed by atoms with Crippen LogP contribution in [0.1, 0.15) is 52.7 Å². The predicted octanol–water partition coefficient (Wildman–Crippen LogP) is 5.35. The first-order chi connectivity index (χ1) is 13.5. The highest BCUT2D eigenvalue weighted by Gasteiger charge is 2.18. The lowest BCUT2D eigenvalue weighted by Gasteiger charge is -2.22. The van der Waals surface area contributed by atoms with E-state index in [-0.39, 0.29) is 23.3 Å². The standard InChI is InChI=1S/C24H34N2O3/c1-23(2,3)16-9-11-20(28-7)18(13-16)25-15-22(27)26-19-14-17(24(4,5)6)10-12-21(19)29-8/h9-14,25H,15H2,1-8H3,(H,26,27). The maximum atomic E-state index is 12.6. The Kier molecular flexibility index (Phi) is 6.83. The maximum absolute atomic E-state index is 12.6. The lowest BCUT2D eigenvalue weighted by atomic mass is 9.86. The van der Waals surface area contributed by atoms with E-state index in [1.54, 1.807) is 14.2 Å². The molecule has 0 aliphatic rings. The van der Waals surface area contributed by atoms with E-state index in [1.165, 1.54) is 5.56 Å². The van der Waals surface area contributed by atoms with Crippen molar-refractivity contribution >= 4 is 17.3 Å². The van der Waals surface area contributed by atoms with Crippen LogP contribution in [0.25, 0.3) is 0 Å². The van der Waals surface area contributed by atoms with Gasteiger partial charge < -0.3 is 20.1 Å². The summed E-state index contributed by atoms with van der Waals surface area (Å²) in [5, 5.41) is 6.16. The van der Waals surface area contributed by atoms with Crippen LogP contribution in [0, 0.1) is 0 Å². The van der Waals surface area contributed by atoms with Crippen molar-refractivity contribution in [1.82, 2.24) is 0 Å². The molecule has 0 spiro atoms. The minimum absolute atomic E-state index is 0.00568. The van der Waals surface area contributed by atoms with Crippen LogP contribution in [0.5, 0.6) is 11.5 Å². The third-order valence-electron chi connectivity index (χ3n) is 4.84. The second kappa shape index (κ2) is 8.76. The zero-order valence-corrected chi connectivity index (χ0v) is 18.9. The summed E-state index contributed by atoms with van der Waals surface area (Å²) in [5.41, 5.74) is 3.74. The van der Waals surface area contributed by atoms with Crippen molar-refractivity contribution in [1.29, 1.82) is 0 Å². The molecule has 2 N–H and O–H groups in total. The molecule has 0 aromatic heterocycles. The summed E-state index contributed by atoms with van der Waals surface area (Å²) < 4.78 is 10.9. The predicted molar refractivity (Wildman–Crippen MR) is 121 cm³/mol. The number of anilines is 2. The van der Waals surface area contributed by atoms with Gasteiger partial charge in [-0.1, -0.05) is 53.7 Å². The highest BCUT2D eigenvalue weighted by atomic mass is 16.5. The molecule has 5 nitrogen and oxygen atoms in total. The number of amides is 1. The van der Waals surface area contributed by atoms with Crippen molar-refractivity contribution in [3.8, 4) is 11.5 Å². The number of ether oxygens (including phenoxy) is 2. The second-order valence-electron chi connectivity index (χ2n) is 9.23. The van der Waals surface area contributed by atoms with E-state index < -0.39 is 0 Å². The zero-order valence-electron chi connectivity index (χ0n) is 18.9. The first kappa shape index (κ1) is 22.6. The van der Waals surface area contributed by atoms with Gasteiger partial charge >= 0.3 is 0 Å². The number of hydrogen-bond acceptors (Lipinski definition) is 4. The maximum Gasteiger partial charge on any atom is 0.243 e. The SMILES string of the molecule is COc1ccc(C(C)(C)C)cc1NCC(=O)Nc1cc(C(C)(C)C)ccc1OC. The van der Waals surface area contributed by atoms with Crippen LogP contribution in [0.2, 0.25) is 0 Å². The Labute approximate surface area is 174 Å². The second-order valence-corrected chi connectivity index (χ2v) is 9.23. The molecule has 0 atom stereocenters. The third kappa shape index (κ3) is 5.89. The molecule has 0 aliphatic heterocycles. The molecule has 0 fully saturated rings. The van der Waals surface area contributed by atoms with Gasteiger partial charge in [0, 0.05) is 0 Å². The molecule has 2 aromatic rings. The lowest BCUT2D eigenvalue weighted by Crippen LogP contribution is -2.23. The van der Waals surface area contributed by atoms with Crippen molar-refractivity contribution in [2.24, 2.45) is 0 Å². The molecular weight excluding hydrogens is 364 g/mol. The summed E-state index contributed by atoms with van der Waals surface area (Å²) in [4.78, 5) is 12.6. The van der Waals surface area contributed by atoms with Gasteiger partial charge in [0.2, 0.25) is 5.91 Å². The fourth-order valence-corrected chi connectivity index (χ4v) is 2.95. The average molecular weight is 399 g/mol. The molecule has 158 valence electrons. The summed E-state index contributed by atoms with van der Waals surface area (Å²) in [7, 11) is 3.23. The van der Waals surface area contributed by atoms with E-state index in [2.05, 4.69) is 52.2 Å². The Morgan fingerprint density at radius 1 is 0.793 bits per heavy atom. The number of hydrogen-bond donors (Lipinski definition) is 2. The molecular formula is C24H34N2O3. The Hall–Kier alpha value is -2.69. The summed E-state index contributed by atoms with van der Waals surface area (Å²) in [6.07, 6.45) is 0. The summed E-state index contributed by atoms with van der Waals surface area (Å²) in [5.74, 6) is 1.19. The lowest BCUT2D eigenvalue weighted by molar-refractivity contribution is -0.114. The fraction of sp³-hybridized carbons (Fsp3) is 0.458. The topological polar surface area (TPSA) is 59.6 Å². The molecule has 29 heavy (non-hydrogen) atoms. The minimum Gasteiger partial charge on any atom is -0.495 e. The molecule has 0 bridgehead atoms. The smallest absolute Gasteiger partial charge is 0.243 e. The number of carbonyl (C=O) groups is 1. The first-order valence-corrected chi connectivity index (χ1v) is 9.86. The van der Waals surface area contributed by atoms with Crippen LogP contribution >= 0.6 is 0 Å². The first-order valence-electron chi connectivity index (χ1n) is 9.86. The number of rotatable bonds is 6. The van der Waals surface area contributed by atoms with Crippen LogP contribution in [-0.4, -0.2) is 26.7 Å². The largest absolute Gasteiger partial charge is 0.495 e. The molecule has 0 saturated carbocycles. The van der Waals surface area contributed by atoms with E-state index in [0.717, 1.165) is 11.3 Å². The summed E-state index contributed by atoms with van der Waals surface area (Å²) >= 11 is 0. The molecule has 2 aromatic carbocycles. The quantitative estimate of drug-likeness (QED) is 0.689. The molecule has 0 radical (unpaired) electrons. The summed E-state index contributed by atoms with van der Waals surface area (Å²) in [6, 6.07) is 11.9.